The van der Waals surface area contributed by atoms with Gasteiger partial charge in [-0.05, 0) is 31.5 Å². The summed E-state index contributed by atoms with van der Waals surface area (Å²) >= 11 is 6.12. The Labute approximate surface area is 137 Å². The molecule has 0 amide bonds. The molecular weight excluding hydrogens is 318 g/mol. The number of hydrogen-bond donors (Lipinski definition) is 0. The van der Waals surface area contributed by atoms with Gasteiger partial charge in [-0.25, -0.2) is 4.39 Å². The molecule has 0 unspecified atom stereocenters. The van der Waals surface area contributed by atoms with Crippen LogP contribution < -0.4 is 0 Å². The van der Waals surface area contributed by atoms with Gasteiger partial charge in [-0.3, -0.25) is 0 Å². The Hall–Kier alpha value is -2.33. The van der Waals surface area contributed by atoms with Gasteiger partial charge in [0.25, 0.3) is 0 Å². The van der Waals surface area contributed by atoms with E-state index < -0.39 is 11.8 Å². The number of aryl methyl sites for hydroxylation is 2. The van der Waals surface area contributed by atoms with Gasteiger partial charge in [0.15, 0.2) is 0 Å². The highest BCUT2D eigenvalue weighted by molar-refractivity contribution is 6.33. The zero-order valence-corrected chi connectivity index (χ0v) is 13.3. The summed E-state index contributed by atoms with van der Waals surface area (Å²) in [5, 5.41) is 7.46. The second kappa shape index (κ2) is 6.05. The van der Waals surface area contributed by atoms with Crippen molar-refractivity contribution in [1.82, 2.24) is 10.2 Å². The van der Waals surface area contributed by atoms with E-state index in [0.29, 0.717) is 11.3 Å². The second-order valence-electron chi connectivity index (χ2n) is 5.29. The monoisotopic (exact) mass is 330 g/mol. The Balaban J connectivity index is 2.37. The molecule has 0 fully saturated rings. The maximum Gasteiger partial charge on any atom is 0.241 e. The molecule has 0 radical (unpaired) electrons. The van der Waals surface area contributed by atoms with Crippen LogP contribution in [0.25, 0.3) is 22.3 Å². The van der Waals surface area contributed by atoms with Gasteiger partial charge in [-0.1, -0.05) is 47.5 Å². The summed E-state index contributed by atoms with van der Waals surface area (Å²) in [7, 11) is 0. The topological polar surface area (TPSA) is 25.8 Å². The van der Waals surface area contributed by atoms with E-state index in [9.17, 15) is 8.78 Å². The van der Waals surface area contributed by atoms with Gasteiger partial charge < -0.3 is 0 Å². The molecule has 0 saturated carbocycles. The van der Waals surface area contributed by atoms with Gasteiger partial charge in [0.2, 0.25) is 5.95 Å². The highest BCUT2D eigenvalue weighted by Gasteiger charge is 2.22. The molecule has 1 heterocycles. The number of benzene rings is 2. The Bertz CT molecular complexity index is 857. The van der Waals surface area contributed by atoms with Crippen molar-refractivity contribution >= 4 is 11.6 Å². The third kappa shape index (κ3) is 2.82. The van der Waals surface area contributed by atoms with Gasteiger partial charge in [0, 0.05) is 11.1 Å². The Morgan fingerprint density at radius 2 is 1.52 bits per heavy atom. The van der Waals surface area contributed by atoms with E-state index in [4.69, 9.17) is 11.6 Å². The third-order valence-electron chi connectivity index (χ3n) is 3.66. The van der Waals surface area contributed by atoms with Crippen LogP contribution in [-0.4, -0.2) is 10.2 Å². The number of hydrogen-bond acceptors (Lipinski definition) is 2. The fraction of sp³-hybridized carbons (Fsp3) is 0.111. The molecule has 5 heteroatoms. The van der Waals surface area contributed by atoms with E-state index in [-0.39, 0.29) is 16.1 Å². The van der Waals surface area contributed by atoms with Gasteiger partial charge in [-0.15, -0.1) is 5.10 Å². The molecule has 3 rings (SSSR count). The second-order valence-corrected chi connectivity index (χ2v) is 5.70. The van der Waals surface area contributed by atoms with Crippen molar-refractivity contribution < 1.29 is 8.78 Å². The average molecular weight is 331 g/mol. The molecule has 0 spiro atoms. The SMILES string of the molecule is Cc1ccc(-c2c(C)nnc(F)c2-c2c(F)cccc2Cl)cc1. The van der Waals surface area contributed by atoms with E-state index in [1.54, 1.807) is 6.92 Å². The minimum absolute atomic E-state index is 0.000224. The molecule has 23 heavy (non-hydrogen) atoms. The summed E-state index contributed by atoms with van der Waals surface area (Å²) in [6, 6.07) is 11.7. The van der Waals surface area contributed by atoms with E-state index in [1.807, 2.05) is 31.2 Å². The van der Waals surface area contributed by atoms with E-state index in [1.165, 1.54) is 18.2 Å². The molecule has 2 nitrogen and oxygen atoms in total. The van der Waals surface area contributed by atoms with Gasteiger partial charge in [-0.2, -0.15) is 9.49 Å². The zero-order chi connectivity index (χ0) is 16.6. The fourth-order valence-electron chi connectivity index (χ4n) is 2.54. The number of halogens is 3. The maximum absolute atomic E-state index is 14.4. The van der Waals surface area contributed by atoms with Crippen LogP contribution in [0.4, 0.5) is 8.78 Å². The molecule has 0 aliphatic rings. The largest absolute Gasteiger partial charge is 0.241 e. The lowest BCUT2D eigenvalue weighted by atomic mass is 9.94. The molecule has 0 aliphatic carbocycles. The van der Waals surface area contributed by atoms with Crippen molar-refractivity contribution in [2.75, 3.05) is 0 Å². The molecule has 116 valence electrons. The first kappa shape index (κ1) is 15.6. The van der Waals surface area contributed by atoms with Crippen molar-refractivity contribution in [3.8, 4) is 22.3 Å². The maximum atomic E-state index is 14.4. The summed E-state index contributed by atoms with van der Waals surface area (Å²) in [4.78, 5) is 0. The predicted molar refractivity (Wildman–Crippen MR) is 87.3 cm³/mol. The Morgan fingerprint density at radius 3 is 2.17 bits per heavy atom. The minimum Gasteiger partial charge on any atom is -0.206 e. The fourth-order valence-corrected chi connectivity index (χ4v) is 2.80. The molecule has 1 aromatic heterocycles. The van der Waals surface area contributed by atoms with Crippen molar-refractivity contribution in [2.24, 2.45) is 0 Å². The summed E-state index contributed by atoms with van der Waals surface area (Å²) in [5.74, 6) is -1.45. The summed E-state index contributed by atoms with van der Waals surface area (Å²) in [5.41, 5.74) is 2.83. The lowest BCUT2D eigenvalue weighted by Gasteiger charge is -2.14. The molecule has 3 aromatic rings. The number of rotatable bonds is 2. The van der Waals surface area contributed by atoms with Crippen molar-refractivity contribution in [2.45, 2.75) is 13.8 Å². The molecule has 2 aromatic carbocycles. The van der Waals surface area contributed by atoms with Crippen LogP contribution in [0.3, 0.4) is 0 Å². The summed E-state index contributed by atoms with van der Waals surface area (Å²) < 4.78 is 28.8. The molecule has 0 N–H and O–H groups in total. The van der Waals surface area contributed by atoms with Gasteiger partial charge in [0.1, 0.15) is 5.82 Å². The lowest BCUT2D eigenvalue weighted by molar-refractivity contribution is 0.562. The first-order valence-electron chi connectivity index (χ1n) is 7.03. The summed E-state index contributed by atoms with van der Waals surface area (Å²) in [6.45, 7) is 3.66. The standard InChI is InChI=1S/C18H13ClF2N2/c1-10-6-8-12(9-7-10)15-11(2)22-23-18(21)17(15)16-13(19)4-3-5-14(16)20/h3-9H,1-2H3. The van der Waals surface area contributed by atoms with Crippen LogP contribution in [0.2, 0.25) is 5.02 Å². The first-order chi connectivity index (χ1) is 11.0. The van der Waals surface area contributed by atoms with Crippen LogP contribution >= 0.6 is 11.6 Å². The number of aromatic nitrogens is 2. The van der Waals surface area contributed by atoms with Gasteiger partial charge >= 0.3 is 0 Å². The van der Waals surface area contributed by atoms with Gasteiger partial charge in [0.05, 0.1) is 16.3 Å². The van der Waals surface area contributed by atoms with Crippen molar-refractivity contribution in [3.63, 3.8) is 0 Å². The first-order valence-corrected chi connectivity index (χ1v) is 7.41. The highest BCUT2D eigenvalue weighted by Crippen LogP contribution is 2.39. The van der Waals surface area contributed by atoms with Crippen molar-refractivity contribution in [1.29, 1.82) is 0 Å². The Morgan fingerprint density at radius 1 is 0.826 bits per heavy atom. The minimum atomic E-state index is -0.849. The van der Waals surface area contributed by atoms with E-state index >= 15 is 0 Å². The molecule has 0 saturated heterocycles. The highest BCUT2D eigenvalue weighted by atomic mass is 35.5. The van der Waals surface area contributed by atoms with Crippen LogP contribution in [-0.2, 0) is 0 Å². The predicted octanol–water partition coefficient (Wildman–Crippen LogP) is 5.36. The molecule has 0 aliphatic heterocycles. The molecule has 0 atom stereocenters. The summed E-state index contributed by atoms with van der Waals surface area (Å²) in [6.07, 6.45) is 0. The van der Waals surface area contributed by atoms with Crippen LogP contribution in [0.1, 0.15) is 11.3 Å². The quantitative estimate of drug-likeness (QED) is 0.632. The molecular formula is C18H13ClF2N2. The van der Waals surface area contributed by atoms with E-state index in [2.05, 4.69) is 10.2 Å². The number of nitrogens with zero attached hydrogens (tertiary/aromatic N) is 2. The average Bonchev–Trinajstić information content (AvgIpc) is 2.52. The zero-order valence-electron chi connectivity index (χ0n) is 12.6. The van der Waals surface area contributed by atoms with E-state index in [0.717, 1.165) is 11.1 Å². The Kier molecular flexibility index (Phi) is 4.09. The van der Waals surface area contributed by atoms with Crippen LogP contribution in [0.5, 0.6) is 0 Å². The normalized spacial score (nSPS) is 10.8. The molecule has 0 bridgehead atoms. The van der Waals surface area contributed by atoms with Crippen LogP contribution in [0, 0.1) is 25.6 Å². The van der Waals surface area contributed by atoms with Crippen LogP contribution in [0.15, 0.2) is 42.5 Å². The third-order valence-corrected chi connectivity index (χ3v) is 3.97. The lowest BCUT2D eigenvalue weighted by Crippen LogP contribution is -2.02. The van der Waals surface area contributed by atoms with Crippen molar-refractivity contribution in [3.05, 3.63) is 70.5 Å². The smallest absolute Gasteiger partial charge is 0.206 e.